The van der Waals surface area contributed by atoms with Crippen LogP contribution in [0.4, 0.5) is 0 Å². The third-order valence-electron chi connectivity index (χ3n) is 17.4. The fraction of sp³-hybridized carbons (Fsp3) is 0.895. The van der Waals surface area contributed by atoms with Gasteiger partial charge < -0.3 is 33.8 Å². The van der Waals surface area contributed by atoms with Crippen LogP contribution in [0.5, 0.6) is 0 Å². The van der Waals surface area contributed by atoms with Crippen molar-refractivity contribution in [3.05, 3.63) is 24.3 Å². The molecule has 560 valence electrons. The van der Waals surface area contributed by atoms with Crippen molar-refractivity contribution >= 4 is 39.5 Å². The SMILES string of the molecule is CCCCCC/C=C\C=C/CCCCCCCC(=O)O[C@H](COC(=O)CCCCCCCCC(C)CC)COP(=O)(O)OC[C@H](O)COP(=O)(O)OC[C@@H](COC(=O)CCCCCCCCCCCCC(C)C)OC(=O)CCCCCCCCCCCCCCCCC(C)C. The third-order valence-corrected chi connectivity index (χ3v) is 19.3. The van der Waals surface area contributed by atoms with Gasteiger partial charge in [0.2, 0.25) is 0 Å². The Morgan fingerprint density at radius 1 is 0.347 bits per heavy atom. The van der Waals surface area contributed by atoms with Gasteiger partial charge in [0.05, 0.1) is 26.4 Å². The van der Waals surface area contributed by atoms with E-state index in [1.54, 1.807) is 0 Å². The van der Waals surface area contributed by atoms with Gasteiger partial charge in [-0.05, 0) is 69.1 Å². The summed E-state index contributed by atoms with van der Waals surface area (Å²) in [6, 6.07) is 0. The summed E-state index contributed by atoms with van der Waals surface area (Å²) in [7, 11) is -9.93. The lowest BCUT2D eigenvalue weighted by atomic mass is 10.00. The lowest BCUT2D eigenvalue weighted by Gasteiger charge is -2.21. The highest BCUT2D eigenvalue weighted by atomic mass is 31.2. The summed E-state index contributed by atoms with van der Waals surface area (Å²) in [5, 5.41) is 10.6. The molecule has 3 unspecified atom stereocenters. The van der Waals surface area contributed by atoms with Crippen molar-refractivity contribution in [2.45, 2.75) is 381 Å². The molecule has 17 nitrogen and oxygen atoms in total. The molecule has 0 heterocycles. The van der Waals surface area contributed by atoms with E-state index in [1.165, 1.54) is 154 Å². The van der Waals surface area contributed by atoms with E-state index in [2.05, 4.69) is 72.8 Å². The molecule has 0 aromatic rings. The van der Waals surface area contributed by atoms with Crippen molar-refractivity contribution < 1.29 is 80.2 Å². The van der Waals surface area contributed by atoms with Crippen LogP contribution in [0.1, 0.15) is 363 Å². The molecule has 0 aliphatic rings. The first-order valence-electron chi connectivity index (χ1n) is 38.7. The van der Waals surface area contributed by atoms with Crippen molar-refractivity contribution in [1.82, 2.24) is 0 Å². The normalized spacial score (nSPS) is 14.5. The lowest BCUT2D eigenvalue weighted by Crippen LogP contribution is -2.30. The van der Waals surface area contributed by atoms with Gasteiger partial charge in [-0.2, -0.15) is 0 Å². The van der Waals surface area contributed by atoms with Crippen LogP contribution in [0.15, 0.2) is 24.3 Å². The van der Waals surface area contributed by atoms with E-state index >= 15 is 0 Å². The molecule has 6 atom stereocenters. The molecule has 0 spiro atoms. The topological polar surface area (TPSA) is 237 Å². The van der Waals surface area contributed by atoms with Gasteiger partial charge in [0, 0.05) is 25.7 Å². The van der Waals surface area contributed by atoms with Gasteiger partial charge in [-0.1, -0.05) is 310 Å². The zero-order valence-corrected chi connectivity index (χ0v) is 63.4. The Bertz CT molecular complexity index is 1950. The summed E-state index contributed by atoms with van der Waals surface area (Å²) in [5.41, 5.74) is 0. The van der Waals surface area contributed by atoms with Crippen molar-refractivity contribution in [1.29, 1.82) is 0 Å². The number of phosphoric ester groups is 2. The molecule has 0 radical (unpaired) electrons. The lowest BCUT2D eigenvalue weighted by molar-refractivity contribution is -0.161. The fourth-order valence-electron chi connectivity index (χ4n) is 11.0. The van der Waals surface area contributed by atoms with Gasteiger partial charge in [0.25, 0.3) is 0 Å². The Morgan fingerprint density at radius 2 is 0.621 bits per heavy atom. The Morgan fingerprint density at radius 3 is 0.937 bits per heavy atom. The Hall–Kier alpha value is -2.46. The van der Waals surface area contributed by atoms with Crippen molar-refractivity contribution in [2.75, 3.05) is 39.6 Å². The number of phosphoric acid groups is 2. The van der Waals surface area contributed by atoms with Crippen molar-refractivity contribution in [2.24, 2.45) is 17.8 Å². The van der Waals surface area contributed by atoms with E-state index in [0.29, 0.717) is 25.7 Å². The Kier molecular flexibility index (Phi) is 64.4. The average molecular weight is 1390 g/mol. The van der Waals surface area contributed by atoms with Gasteiger partial charge in [0.15, 0.2) is 12.2 Å². The highest BCUT2D eigenvalue weighted by Gasteiger charge is 2.30. The van der Waals surface area contributed by atoms with Crippen LogP contribution in [0.25, 0.3) is 0 Å². The minimum absolute atomic E-state index is 0.0838. The summed E-state index contributed by atoms with van der Waals surface area (Å²) in [6.07, 6.45) is 54.9. The van der Waals surface area contributed by atoms with Gasteiger partial charge in [0.1, 0.15) is 19.3 Å². The van der Waals surface area contributed by atoms with E-state index in [4.69, 9.17) is 37.0 Å². The second-order valence-electron chi connectivity index (χ2n) is 27.9. The molecule has 0 rings (SSSR count). The fourth-order valence-corrected chi connectivity index (χ4v) is 12.6. The number of aliphatic hydroxyl groups excluding tert-OH is 1. The van der Waals surface area contributed by atoms with Crippen LogP contribution < -0.4 is 0 Å². The zero-order chi connectivity index (χ0) is 70.1. The number of esters is 4. The maximum absolute atomic E-state index is 13.1. The Balaban J connectivity index is 5.29. The van der Waals surface area contributed by atoms with Crippen LogP contribution in [0.2, 0.25) is 0 Å². The predicted molar refractivity (Wildman–Crippen MR) is 386 cm³/mol. The first kappa shape index (κ1) is 92.5. The van der Waals surface area contributed by atoms with Crippen molar-refractivity contribution in [3.8, 4) is 0 Å². The maximum atomic E-state index is 13.1. The number of hydrogen-bond donors (Lipinski definition) is 3. The number of hydrogen-bond acceptors (Lipinski definition) is 15. The molecular formula is C76H144O17P2. The van der Waals surface area contributed by atoms with Crippen LogP contribution in [-0.2, 0) is 65.4 Å². The van der Waals surface area contributed by atoms with Gasteiger partial charge in [-0.3, -0.25) is 37.3 Å². The molecule has 0 aromatic heterocycles. The summed E-state index contributed by atoms with van der Waals surface area (Å²) >= 11 is 0. The summed E-state index contributed by atoms with van der Waals surface area (Å²) < 4.78 is 68.5. The molecule has 0 aliphatic carbocycles. The number of allylic oxidation sites excluding steroid dienone is 4. The monoisotopic (exact) mass is 1390 g/mol. The molecule has 95 heavy (non-hydrogen) atoms. The van der Waals surface area contributed by atoms with Crippen molar-refractivity contribution in [3.63, 3.8) is 0 Å². The molecular weight excluding hydrogens is 1250 g/mol. The minimum Gasteiger partial charge on any atom is -0.462 e. The second kappa shape index (κ2) is 66.1. The Labute approximate surface area is 580 Å². The number of rotatable bonds is 72. The van der Waals surface area contributed by atoms with Crippen LogP contribution >= 0.6 is 15.6 Å². The summed E-state index contributed by atoms with van der Waals surface area (Å²) in [4.78, 5) is 72.8. The highest BCUT2D eigenvalue weighted by Crippen LogP contribution is 2.45. The van der Waals surface area contributed by atoms with Gasteiger partial charge in [-0.25, -0.2) is 9.13 Å². The minimum atomic E-state index is -4.96. The largest absolute Gasteiger partial charge is 0.472 e. The zero-order valence-electron chi connectivity index (χ0n) is 61.6. The number of carbonyl (C=O) groups excluding carboxylic acids is 4. The quantitative estimate of drug-likeness (QED) is 0.0169. The number of unbranched alkanes of at least 4 members (excludes halogenated alkanes) is 36. The van der Waals surface area contributed by atoms with E-state index in [1.807, 2.05) is 0 Å². The van der Waals surface area contributed by atoms with E-state index in [-0.39, 0.29) is 25.7 Å². The molecule has 3 N–H and O–H groups in total. The molecule has 0 fully saturated rings. The third kappa shape index (κ3) is 68.5. The van der Waals surface area contributed by atoms with Crippen LogP contribution in [-0.4, -0.2) is 96.7 Å². The molecule has 0 saturated heterocycles. The molecule has 0 amide bonds. The van der Waals surface area contributed by atoms with E-state index < -0.39 is 97.5 Å². The first-order valence-corrected chi connectivity index (χ1v) is 41.7. The molecule has 19 heteroatoms. The molecule has 0 aliphatic heterocycles. The van der Waals surface area contributed by atoms with E-state index in [0.717, 1.165) is 127 Å². The molecule has 0 saturated carbocycles. The standard InChI is InChI=1S/C76H144O17P2/c1-8-10-11-12-13-14-15-16-17-21-24-31-36-45-52-60-76(81)93-72(64-87-74(79)58-51-44-39-38-42-49-56-69(7)9-2)66-91-95(84,85)89-62-70(77)61-88-94(82,83)90-65-71(63-86-73(78)57-50-43-35-30-27-26-29-34-41-48-55-68(5)6)92-75(80)59-53-46-37-32-25-22-19-18-20-23-28-33-40-47-54-67(3)4/h14-17,67-72,77H,8-13,18-66H2,1-7H3,(H,82,83)(H,84,85)/b15-14-,17-16-/t69?,70-,71-,72-/m1/s1. The van der Waals surface area contributed by atoms with Crippen LogP contribution in [0, 0.1) is 17.8 Å². The van der Waals surface area contributed by atoms with Gasteiger partial charge in [-0.15, -0.1) is 0 Å². The summed E-state index contributed by atoms with van der Waals surface area (Å²) in [6.45, 7) is 11.8. The van der Waals surface area contributed by atoms with Gasteiger partial charge >= 0.3 is 39.5 Å². The molecule has 0 aromatic carbocycles. The first-order chi connectivity index (χ1) is 45.8. The number of carbonyl (C=O) groups is 4. The average Bonchev–Trinajstić information content (AvgIpc) is 1.86. The van der Waals surface area contributed by atoms with E-state index in [9.17, 15) is 43.2 Å². The highest BCUT2D eigenvalue weighted by molar-refractivity contribution is 7.47. The predicted octanol–water partition coefficient (Wildman–Crippen LogP) is 21.7. The second-order valence-corrected chi connectivity index (χ2v) is 30.8. The molecule has 0 bridgehead atoms. The maximum Gasteiger partial charge on any atom is 0.472 e. The summed E-state index contributed by atoms with van der Waals surface area (Å²) in [5.74, 6) is 0.129. The smallest absolute Gasteiger partial charge is 0.462 e. The number of aliphatic hydroxyl groups is 1. The van der Waals surface area contributed by atoms with Crippen LogP contribution in [0.3, 0.4) is 0 Å². The number of ether oxygens (including phenoxy) is 4.